The molecule has 28 heavy (non-hydrogen) atoms. The second kappa shape index (κ2) is 7.56. The lowest BCUT2D eigenvalue weighted by Gasteiger charge is -2.07. The van der Waals surface area contributed by atoms with Gasteiger partial charge in [0.05, 0.1) is 15.9 Å². The van der Waals surface area contributed by atoms with Crippen LogP contribution in [0.3, 0.4) is 0 Å². The fourth-order valence-corrected chi connectivity index (χ4v) is 4.03. The van der Waals surface area contributed by atoms with E-state index in [4.69, 9.17) is 0 Å². The number of fused-ring (bicyclic) bond motifs is 1. The van der Waals surface area contributed by atoms with Gasteiger partial charge in [-0.15, -0.1) is 0 Å². The summed E-state index contributed by atoms with van der Waals surface area (Å²) in [6, 6.07) is 12.0. The van der Waals surface area contributed by atoms with Crippen molar-refractivity contribution in [1.82, 2.24) is 4.57 Å². The van der Waals surface area contributed by atoms with E-state index >= 15 is 0 Å². The van der Waals surface area contributed by atoms with E-state index in [0.717, 1.165) is 21.0 Å². The molecule has 0 radical (unpaired) electrons. The summed E-state index contributed by atoms with van der Waals surface area (Å²) in [5, 5.41) is 12.8. The van der Waals surface area contributed by atoms with Crippen LogP contribution in [0.25, 0.3) is 12.2 Å². The van der Waals surface area contributed by atoms with Gasteiger partial charge in [0, 0.05) is 18.3 Å². The van der Waals surface area contributed by atoms with Crippen molar-refractivity contribution in [2.24, 2.45) is 15.9 Å². The molecule has 0 saturated heterocycles. The van der Waals surface area contributed by atoms with Gasteiger partial charge >= 0.3 is 0 Å². The molecule has 0 atom stereocenters. The first-order valence-corrected chi connectivity index (χ1v) is 9.90. The van der Waals surface area contributed by atoms with Crippen LogP contribution < -0.4 is 15.4 Å². The summed E-state index contributed by atoms with van der Waals surface area (Å²) < 4.78 is 15.0. The largest absolute Gasteiger partial charge is 0.493 e. The van der Waals surface area contributed by atoms with Crippen molar-refractivity contribution in [2.75, 3.05) is 0 Å². The summed E-state index contributed by atoms with van der Waals surface area (Å²) in [5.74, 6) is 0.238. The number of benzene rings is 2. The van der Waals surface area contributed by atoms with E-state index in [1.165, 1.54) is 23.5 Å². The fourth-order valence-electron chi connectivity index (χ4n) is 3.02. The van der Waals surface area contributed by atoms with Crippen LogP contribution in [-0.2, 0) is 6.54 Å². The van der Waals surface area contributed by atoms with E-state index in [1.54, 1.807) is 18.3 Å². The molecule has 0 spiro atoms. The van der Waals surface area contributed by atoms with E-state index in [2.05, 4.69) is 23.8 Å². The third kappa shape index (κ3) is 3.82. The summed E-state index contributed by atoms with van der Waals surface area (Å²) in [4.78, 5) is 10.3. The highest BCUT2D eigenvalue weighted by molar-refractivity contribution is 7.10. The molecular formula is C22H20FN3OS. The number of aromatic nitrogens is 1. The first-order valence-electron chi connectivity index (χ1n) is 9.09. The van der Waals surface area contributed by atoms with Crippen molar-refractivity contribution in [1.29, 1.82) is 0 Å². The number of hydrogen-bond donors (Lipinski definition) is 1. The van der Waals surface area contributed by atoms with Crippen molar-refractivity contribution >= 4 is 29.2 Å². The van der Waals surface area contributed by atoms with Gasteiger partial charge in [0.15, 0.2) is 4.80 Å². The molecule has 3 aromatic rings. The highest BCUT2D eigenvalue weighted by Crippen LogP contribution is 2.23. The number of aromatic hydroxyl groups is 1. The second-order valence-corrected chi connectivity index (χ2v) is 8.08. The maximum absolute atomic E-state index is 13.2. The van der Waals surface area contributed by atoms with E-state index in [0.29, 0.717) is 23.0 Å². The predicted molar refractivity (Wildman–Crippen MR) is 110 cm³/mol. The van der Waals surface area contributed by atoms with Crippen molar-refractivity contribution in [3.05, 3.63) is 80.3 Å². The van der Waals surface area contributed by atoms with Crippen LogP contribution in [0.5, 0.6) is 5.88 Å². The van der Waals surface area contributed by atoms with Crippen LogP contribution in [0.15, 0.2) is 58.6 Å². The minimum Gasteiger partial charge on any atom is -0.493 e. The molecule has 0 bridgehead atoms. The monoisotopic (exact) mass is 393 g/mol. The molecule has 0 unspecified atom stereocenters. The maximum Gasteiger partial charge on any atom is 0.211 e. The molecule has 6 heteroatoms. The quantitative estimate of drug-likeness (QED) is 0.722. The normalized spacial score (nSPS) is 14.0. The lowest BCUT2D eigenvalue weighted by molar-refractivity contribution is 0.387. The molecule has 0 aliphatic carbocycles. The average molecular weight is 393 g/mol. The van der Waals surface area contributed by atoms with Gasteiger partial charge in [0.25, 0.3) is 0 Å². The van der Waals surface area contributed by atoms with Gasteiger partial charge in [0.1, 0.15) is 5.82 Å². The van der Waals surface area contributed by atoms with Crippen LogP contribution in [0.4, 0.5) is 10.1 Å². The predicted octanol–water partition coefficient (Wildman–Crippen LogP) is 3.72. The Kier molecular flexibility index (Phi) is 4.96. The Bertz CT molecular complexity index is 1230. The Morgan fingerprint density at radius 2 is 2.00 bits per heavy atom. The molecule has 0 saturated carbocycles. The van der Waals surface area contributed by atoms with Crippen molar-refractivity contribution < 1.29 is 9.50 Å². The van der Waals surface area contributed by atoms with Gasteiger partial charge in [-0.1, -0.05) is 31.3 Å². The van der Waals surface area contributed by atoms with Gasteiger partial charge in [-0.05, 0) is 59.7 Å². The van der Waals surface area contributed by atoms with Crippen LogP contribution in [0.1, 0.15) is 24.3 Å². The van der Waals surface area contributed by atoms with Crippen LogP contribution in [0, 0.1) is 11.7 Å². The van der Waals surface area contributed by atoms with E-state index in [-0.39, 0.29) is 11.7 Å². The van der Waals surface area contributed by atoms with E-state index < -0.39 is 0 Å². The topological polar surface area (TPSA) is 49.9 Å². The smallest absolute Gasteiger partial charge is 0.211 e. The zero-order chi connectivity index (χ0) is 19.7. The standard InChI is InChI=1S/C22H20FN3OS/c1-14(2)13-26-21(27)20(12-15-3-8-19-16(11-15)9-10-24-19)28-22(26)25-18-6-4-17(23)5-7-18/h3-12,14,27H,13H2,1-2H3. The summed E-state index contributed by atoms with van der Waals surface area (Å²) in [7, 11) is 0. The molecule has 142 valence electrons. The third-order valence-electron chi connectivity index (χ3n) is 4.32. The molecular weight excluding hydrogens is 373 g/mol. The molecule has 4 nitrogen and oxygen atoms in total. The maximum atomic E-state index is 13.2. The van der Waals surface area contributed by atoms with Gasteiger partial charge in [-0.3, -0.25) is 9.56 Å². The molecule has 1 aromatic heterocycles. The Labute approximate surface area is 166 Å². The number of hydrogen-bond acceptors (Lipinski definition) is 4. The molecule has 0 amide bonds. The Morgan fingerprint density at radius 3 is 2.75 bits per heavy atom. The third-order valence-corrected chi connectivity index (χ3v) is 5.34. The number of thiazole rings is 1. The Hall–Kier alpha value is -2.99. The zero-order valence-corrected chi connectivity index (χ0v) is 16.4. The average Bonchev–Trinajstić information content (AvgIpc) is 3.23. The zero-order valence-electron chi connectivity index (χ0n) is 15.6. The highest BCUT2D eigenvalue weighted by atomic mass is 32.1. The molecule has 1 aliphatic heterocycles. The first kappa shape index (κ1) is 18.4. The van der Waals surface area contributed by atoms with E-state index in [9.17, 15) is 9.50 Å². The summed E-state index contributed by atoms with van der Waals surface area (Å²) in [6.45, 7) is 4.82. The van der Waals surface area contributed by atoms with Crippen LogP contribution in [-0.4, -0.2) is 9.67 Å². The second-order valence-electron chi connectivity index (χ2n) is 7.07. The number of rotatable bonds is 4. The molecule has 2 aromatic carbocycles. The number of halogens is 1. The van der Waals surface area contributed by atoms with E-state index in [1.807, 2.05) is 34.9 Å². The summed E-state index contributed by atoms with van der Waals surface area (Å²) in [5.41, 5.74) is 1.71. The summed E-state index contributed by atoms with van der Waals surface area (Å²) in [6.07, 6.45) is 5.70. The molecule has 1 aliphatic rings. The first-order chi connectivity index (χ1) is 13.5. The Morgan fingerprint density at radius 1 is 1.21 bits per heavy atom. The van der Waals surface area contributed by atoms with Crippen molar-refractivity contribution in [3.8, 4) is 5.88 Å². The van der Waals surface area contributed by atoms with Gasteiger partial charge in [-0.25, -0.2) is 9.38 Å². The van der Waals surface area contributed by atoms with Gasteiger partial charge in [-0.2, -0.15) is 0 Å². The minimum atomic E-state index is -0.297. The number of nitrogens with zero attached hydrogens (tertiary/aromatic N) is 3. The summed E-state index contributed by atoms with van der Waals surface area (Å²) >= 11 is 1.41. The SMILES string of the molecule is CC(C)Cn1c(O)c(C=c2ccc3c(c2)C=CN=3)sc1=Nc1ccc(F)cc1. The van der Waals surface area contributed by atoms with Crippen molar-refractivity contribution in [2.45, 2.75) is 20.4 Å². The highest BCUT2D eigenvalue weighted by Gasteiger charge is 2.12. The lowest BCUT2D eigenvalue weighted by atomic mass is 10.2. The fraction of sp³-hybridized carbons (Fsp3) is 0.182. The van der Waals surface area contributed by atoms with Crippen LogP contribution in [0.2, 0.25) is 0 Å². The molecule has 4 rings (SSSR count). The molecule has 2 heterocycles. The lowest BCUT2D eigenvalue weighted by Crippen LogP contribution is -2.17. The molecule has 0 fully saturated rings. The van der Waals surface area contributed by atoms with Gasteiger partial charge < -0.3 is 5.11 Å². The van der Waals surface area contributed by atoms with Gasteiger partial charge in [0.2, 0.25) is 5.88 Å². The minimum absolute atomic E-state index is 0.195. The van der Waals surface area contributed by atoms with Crippen LogP contribution >= 0.6 is 11.3 Å². The van der Waals surface area contributed by atoms with Crippen molar-refractivity contribution in [3.63, 3.8) is 0 Å². The molecule has 1 N–H and O–H groups in total. The Balaban J connectivity index is 1.84.